The van der Waals surface area contributed by atoms with Crippen molar-refractivity contribution in [3.8, 4) is 0 Å². The predicted molar refractivity (Wildman–Crippen MR) is 90.4 cm³/mol. The van der Waals surface area contributed by atoms with Crippen LogP contribution in [0, 0.1) is 0 Å². The summed E-state index contributed by atoms with van der Waals surface area (Å²) in [5.41, 5.74) is -0.114. The zero-order valence-electron chi connectivity index (χ0n) is 14.6. The molecular weight excluding hydrogens is 349 g/mol. The molecule has 0 spiro atoms. The molecule has 1 aromatic rings. The molecule has 26 heavy (non-hydrogen) atoms. The minimum Gasteiger partial charge on any atom is -0.355 e. The number of hydrogen-bond acceptors (Lipinski definition) is 3. The summed E-state index contributed by atoms with van der Waals surface area (Å²) in [6, 6.07) is 4.45. The van der Waals surface area contributed by atoms with Crippen molar-refractivity contribution in [1.29, 1.82) is 0 Å². The summed E-state index contributed by atoms with van der Waals surface area (Å²) in [7, 11) is 0. The fourth-order valence-electron chi connectivity index (χ4n) is 2.67. The fraction of sp³-hybridized carbons (Fsp3) is 0.529. The number of carbonyl (C=O) groups is 2. The largest absolute Gasteiger partial charge is 0.416 e. The van der Waals surface area contributed by atoms with Gasteiger partial charge in [-0.1, -0.05) is 12.1 Å². The van der Waals surface area contributed by atoms with Crippen molar-refractivity contribution in [2.24, 2.45) is 0 Å². The number of carbonyl (C=O) groups excluding carboxylic acids is 2. The monoisotopic (exact) mass is 372 g/mol. The van der Waals surface area contributed by atoms with Gasteiger partial charge in [-0.05, 0) is 24.6 Å². The smallest absolute Gasteiger partial charge is 0.355 e. The van der Waals surface area contributed by atoms with E-state index in [9.17, 15) is 22.8 Å². The molecule has 2 rings (SSSR count). The first-order valence-electron chi connectivity index (χ1n) is 8.47. The molecule has 1 aliphatic rings. The van der Waals surface area contributed by atoms with E-state index in [1.807, 2.05) is 11.8 Å². The van der Waals surface area contributed by atoms with Crippen LogP contribution in [0.25, 0.3) is 0 Å². The van der Waals surface area contributed by atoms with E-state index in [-0.39, 0.29) is 18.5 Å². The molecule has 1 saturated heterocycles. The lowest BCUT2D eigenvalue weighted by atomic mass is 10.1. The van der Waals surface area contributed by atoms with Crippen molar-refractivity contribution in [3.05, 3.63) is 35.4 Å². The third-order valence-corrected chi connectivity index (χ3v) is 4.13. The van der Waals surface area contributed by atoms with Gasteiger partial charge in [-0.2, -0.15) is 13.2 Å². The molecule has 9 heteroatoms. The molecule has 1 heterocycles. The maximum atomic E-state index is 12.5. The van der Waals surface area contributed by atoms with E-state index in [1.54, 1.807) is 4.90 Å². The van der Waals surface area contributed by atoms with Gasteiger partial charge in [-0.15, -0.1) is 0 Å². The van der Waals surface area contributed by atoms with Gasteiger partial charge in [0.05, 0.1) is 12.1 Å². The highest BCUT2D eigenvalue weighted by atomic mass is 19.4. The van der Waals surface area contributed by atoms with Crippen molar-refractivity contribution >= 4 is 11.9 Å². The maximum Gasteiger partial charge on any atom is 0.416 e. The summed E-state index contributed by atoms with van der Waals surface area (Å²) in [4.78, 5) is 27.3. The van der Waals surface area contributed by atoms with Crippen LogP contribution in [0.3, 0.4) is 0 Å². The van der Waals surface area contributed by atoms with E-state index in [2.05, 4.69) is 10.6 Å². The third kappa shape index (κ3) is 5.91. The Morgan fingerprint density at radius 1 is 1.04 bits per heavy atom. The van der Waals surface area contributed by atoms with Gasteiger partial charge in [0.25, 0.3) is 0 Å². The van der Waals surface area contributed by atoms with Gasteiger partial charge in [0.2, 0.25) is 5.91 Å². The van der Waals surface area contributed by atoms with Gasteiger partial charge in [0, 0.05) is 39.3 Å². The Morgan fingerprint density at radius 3 is 2.19 bits per heavy atom. The number of alkyl halides is 3. The number of urea groups is 1. The molecule has 0 unspecified atom stereocenters. The molecule has 1 aromatic carbocycles. The lowest BCUT2D eigenvalue weighted by Gasteiger charge is -2.34. The number of piperazine rings is 1. The number of nitrogens with zero attached hydrogens (tertiary/aromatic N) is 2. The van der Waals surface area contributed by atoms with Crippen molar-refractivity contribution in [1.82, 2.24) is 20.4 Å². The summed E-state index contributed by atoms with van der Waals surface area (Å²) in [5.74, 6) is -0.0345. The predicted octanol–water partition coefficient (Wildman–Crippen LogP) is 1.67. The second kappa shape index (κ2) is 8.88. The molecule has 3 amide bonds. The number of likely N-dealkylation sites (N-methyl/N-ethyl adjacent to an activating group) is 1. The minimum atomic E-state index is -4.37. The summed E-state index contributed by atoms with van der Waals surface area (Å²) in [6.07, 6.45) is -4.37. The average molecular weight is 372 g/mol. The molecular formula is C17H23F3N4O2. The Balaban J connectivity index is 1.74. The Labute approximate surface area is 150 Å². The van der Waals surface area contributed by atoms with E-state index in [0.29, 0.717) is 44.8 Å². The molecule has 0 saturated carbocycles. The van der Waals surface area contributed by atoms with E-state index in [1.165, 1.54) is 12.1 Å². The van der Waals surface area contributed by atoms with Crippen molar-refractivity contribution < 1.29 is 22.8 Å². The van der Waals surface area contributed by atoms with Crippen LogP contribution in [0.1, 0.15) is 18.1 Å². The quantitative estimate of drug-likeness (QED) is 0.827. The molecule has 0 bridgehead atoms. The van der Waals surface area contributed by atoms with Crippen LogP contribution in [-0.4, -0.2) is 61.0 Å². The Morgan fingerprint density at radius 2 is 1.65 bits per heavy atom. The molecule has 0 atom stereocenters. The van der Waals surface area contributed by atoms with E-state index in [4.69, 9.17) is 0 Å². The SMILES string of the molecule is CCNC(=O)CN1CCN(C(=O)NCc2ccc(C(F)(F)F)cc2)CC1. The summed E-state index contributed by atoms with van der Waals surface area (Å²) in [5, 5.41) is 5.45. The van der Waals surface area contributed by atoms with Crippen LogP contribution in [0.4, 0.5) is 18.0 Å². The highest BCUT2D eigenvalue weighted by Gasteiger charge is 2.30. The number of amides is 3. The second-order valence-electron chi connectivity index (χ2n) is 6.07. The lowest BCUT2D eigenvalue weighted by molar-refractivity contribution is -0.137. The molecule has 0 aliphatic carbocycles. The summed E-state index contributed by atoms with van der Waals surface area (Å²) in [6.45, 7) is 5.12. The van der Waals surface area contributed by atoms with Gasteiger partial charge in [0.1, 0.15) is 0 Å². The highest BCUT2D eigenvalue weighted by molar-refractivity contribution is 5.78. The lowest BCUT2D eigenvalue weighted by Crippen LogP contribution is -2.53. The molecule has 1 aliphatic heterocycles. The summed E-state index contributed by atoms with van der Waals surface area (Å²) >= 11 is 0. The molecule has 144 valence electrons. The van der Waals surface area contributed by atoms with Crippen molar-refractivity contribution in [2.45, 2.75) is 19.6 Å². The second-order valence-corrected chi connectivity index (χ2v) is 6.07. The van der Waals surface area contributed by atoms with Crippen molar-refractivity contribution in [2.75, 3.05) is 39.3 Å². The zero-order valence-corrected chi connectivity index (χ0v) is 14.6. The Hall–Kier alpha value is -2.29. The highest BCUT2D eigenvalue weighted by Crippen LogP contribution is 2.29. The van der Waals surface area contributed by atoms with Crippen LogP contribution in [0.5, 0.6) is 0 Å². The van der Waals surface area contributed by atoms with Gasteiger partial charge in [-0.3, -0.25) is 9.69 Å². The first kappa shape index (κ1) is 20.0. The van der Waals surface area contributed by atoms with Crippen LogP contribution in [0.2, 0.25) is 0 Å². The number of rotatable bonds is 5. The van der Waals surface area contributed by atoms with Gasteiger partial charge < -0.3 is 15.5 Å². The number of benzene rings is 1. The Bertz CT molecular complexity index is 611. The molecule has 1 fully saturated rings. The average Bonchev–Trinajstić information content (AvgIpc) is 2.60. The van der Waals surface area contributed by atoms with Crippen LogP contribution < -0.4 is 10.6 Å². The van der Waals surface area contributed by atoms with Gasteiger partial charge in [0.15, 0.2) is 0 Å². The molecule has 0 radical (unpaired) electrons. The number of nitrogens with one attached hydrogen (secondary N) is 2. The van der Waals surface area contributed by atoms with Crippen LogP contribution in [-0.2, 0) is 17.5 Å². The minimum absolute atomic E-state index is 0.0345. The van der Waals surface area contributed by atoms with Crippen LogP contribution in [0.15, 0.2) is 24.3 Å². The topological polar surface area (TPSA) is 64.7 Å². The molecule has 0 aromatic heterocycles. The standard InChI is InChI=1S/C17H23F3N4O2/c1-2-21-15(25)12-23-7-9-24(10-8-23)16(26)22-11-13-3-5-14(6-4-13)17(18,19)20/h3-6H,2,7-12H2,1H3,(H,21,25)(H,22,26). The Kier molecular flexibility index (Phi) is 6.84. The first-order chi connectivity index (χ1) is 12.3. The zero-order chi connectivity index (χ0) is 19.2. The number of hydrogen-bond donors (Lipinski definition) is 2. The van der Waals surface area contributed by atoms with E-state index >= 15 is 0 Å². The van der Waals surface area contributed by atoms with Gasteiger partial charge >= 0.3 is 12.2 Å². The number of halogens is 3. The van der Waals surface area contributed by atoms with E-state index < -0.39 is 11.7 Å². The molecule has 2 N–H and O–H groups in total. The van der Waals surface area contributed by atoms with Crippen LogP contribution >= 0.6 is 0 Å². The normalized spacial score (nSPS) is 15.6. The third-order valence-electron chi connectivity index (χ3n) is 4.13. The maximum absolute atomic E-state index is 12.5. The van der Waals surface area contributed by atoms with Crippen molar-refractivity contribution in [3.63, 3.8) is 0 Å². The van der Waals surface area contributed by atoms with Gasteiger partial charge in [-0.25, -0.2) is 4.79 Å². The molecule has 6 nitrogen and oxygen atoms in total. The fourth-order valence-corrected chi connectivity index (χ4v) is 2.67. The summed E-state index contributed by atoms with van der Waals surface area (Å²) < 4.78 is 37.6. The van der Waals surface area contributed by atoms with E-state index in [0.717, 1.165) is 12.1 Å². The first-order valence-corrected chi connectivity index (χ1v) is 8.47.